The number of nitrogens with zero attached hydrogens (tertiary/aromatic N) is 1. The molecule has 2 aromatic rings. The number of amides is 1. The van der Waals surface area contributed by atoms with Gasteiger partial charge in [-0.05, 0) is 18.6 Å². The van der Waals surface area contributed by atoms with Crippen molar-refractivity contribution in [1.82, 2.24) is 10.2 Å². The Bertz CT molecular complexity index is 788. The number of halogens is 2. The molecule has 1 amide bonds. The molecule has 1 fully saturated rings. The smallest absolute Gasteiger partial charge is 0.410 e. The zero-order valence-corrected chi connectivity index (χ0v) is 15.7. The Morgan fingerprint density at radius 3 is 2.82 bits per heavy atom. The third kappa shape index (κ3) is 5.50. The molecule has 1 aliphatic heterocycles. The van der Waals surface area contributed by atoms with Crippen LogP contribution < -0.4 is 5.32 Å². The maximum Gasteiger partial charge on any atom is 0.410 e. The molecule has 3 rings (SSSR count). The van der Waals surface area contributed by atoms with Crippen molar-refractivity contribution in [2.24, 2.45) is 0 Å². The van der Waals surface area contributed by atoms with E-state index in [1.807, 2.05) is 30.3 Å². The molecule has 0 spiro atoms. The van der Waals surface area contributed by atoms with Crippen LogP contribution in [0.3, 0.4) is 0 Å². The lowest BCUT2D eigenvalue weighted by molar-refractivity contribution is -0.0278. The molecule has 2 atom stereocenters. The summed E-state index contributed by atoms with van der Waals surface area (Å²) in [5.41, 5.74) is 1.31. The van der Waals surface area contributed by atoms with Crippen LogP contribution >= 0.6 is 0 Å². The number of morpholine rings is 1. The quantitative estimate of drug-likeness (QED) is 0.818. The Labute approximate surface area is 163 Å². The summed E-state index contributed by atoms with van der Waals surface area (Å²) in [5, 5.41) is 3.18. The van der Waals surface area contributed by atoms with E-state index in [0.29, 0.717) is 31.8 Å². The minimum Gasteiger partial charge on any atom is -0.445 e. The Balaban J connectivity index is 1.47. The fourth-order valence-corrected chi connectivity index (χ4v) is 3.09. The second kappa shape index (κ2) is 9.61. The first-order chi connectivity index (χ1) is 13.5. The van der Waals surface area contributed by atoms with Crippen molar-refractivity contribution in [2.75, 3.05) is 26.2 Å². The lowest BCUT2D eigenvalue weighted by Crippen LogP contribution is -2.49. The van der Waals surface area contributed by atoms with Crippen molar-refractivity contribution in [3.8, 4) is 0 Å². The largest absolute Gasteiger partial charge is 0.445 e. The van der Waals surface area contributed by atoms with Gasteiger partial charge in [-0.2, -0.15) is 0 Å². The first-order valence-corrected chi connectivity index (χ1v) is 9.28. The number of nitrogens with one attached hydrogen (secondary N) is 1. The van der Waals surface area contributed by atoms with Crippen LogP contribution in [0.2, 0.25) is 0 Å². The van der Waals surface area contributed by atoms with Crippen LogP contribution in [-0.4, -0.2) is 43.3 Å². The van der Waals surface area contributed by atoms with E-state index in [9.17, 15) is 13.6 Å². The van der Waals surface area contributed by atoms with Gasteiger partial charge in [-0.1, -0.05) is 36.4 Å². The zero-order valence-electron chi connectivity index (χ0n) is 15.7. The van der Waals surface area contributed by atoms with Crippen LogP contribution in [0.4, 0.5) is 13.6 Å². The summed E-state index contributed by atoms with van der Waals surface area (Å²) >= 11 is 0. The minimum atomic E-state index is -0.603. The van der Waals surface area contributed by atoms with Crippen LogP contribution in [0.25, 0.3) is 0 Å². The average molecular weight is 390 g/mol. The van der Waals surface area contributed by atoms with Crippen LogP contribution in [0.1, 0.15) is 24.1 Å². The van der Waals surface area contributed by atoms with E-state index in [-0.39, 0.29) is 24.8 Å². The third-order valence-electron chi connectivity index (χ3n) is 4.68. The van der Waals surface area contributed by atoms with Gasteiger partial charge in [0.2, 0.25) is 0 Å². The Morgan fingerprint density at radius 1 is 1.29 bits per heavy atom. The number of carbonyl (C=O) groups is 1. The topological polar surface area (TPSA) is 50.8 Å². The van der Waals surface area contributed by atoms with Crippen molar-refractivity contribution in [1.29, 1.82) is 0 Å². The van der Waals surface area contributed by atoms with Gasteiger partial charge in [0, 0.05) is 30.8 Å². The number of benzene rings is 2. The molecule has 2 aromatic carbocycles. The van der Waals surface area contributed by atoms with Gasteiger partial charge >= 0.3 is 6.09 Å². The molecule has 1 aliphatic rings. The van der Waals surface area contributed by atoms with E-state index in [4.69, 9.17) is 9.47 Å². The molecule has 1 heterocycles. The lowest BCUT2D eigenvalue weighted by Gasteiger charge is -2.33. The number of rotatable bonds is 6. The predicted octanol–water partition coefficient (Wildman–Crippen LogP) is 3.65. The van der Waals surface area contributed by atoms with E-state index >= 15 is 0 Å². The molecular formula is C21H24F2N2O3. The van der Waals surface area contributed by atoms with Crippen LogP contribution in [0.15, 0.2) is 48.5 Å². The number of hydrogen-bond donors (Lipinski definition) is 1. The van der Waals surface area contributed by atoms with E-state index in [1.54, 1.807) is 11.8 Å². The Hall–Kier alpha value is -2.51. The summed E-state index contributed by atoms with van der Waals surface area (Å²) in [5.74, 6) is -1.19. The average Bonchev–Trinajstić information content (AvgIpc) is 2.71. The third-order valence-corrected chi connectivity index (χ3v) is 4.68. The van der Waals surface area contributed by atoms with Crippen molar-refractivity contribution in [2.45, 2.75) is 25.7 Å². The van der Waals surface area contributed by atoms with E-state index < -0.39 is 11.6 Å². The summed E-state index contributed by atoms with van der Waals surface area (Å²) in [6.07, 6.45) is -0.612. The van der Waals surface area contributed by atoms with Gasteiger partial charge in [0.1, 0.15) is 18.2 Å². The van der Waals surface area contributed by atoms with Gasteiger partial charge in [0.05, 0.1) is 19.3 Å². The monoisotopic (exact) mass is 390 g/mol. The van der Waals surface area contributed by atoms with Crippen molar-refractivity contribution >= 4 is 6.09 Å². The van der Waals surface area contributed by atoms with Gasteiger partial charge in [-0.25, -0.2) is 13.6 Å². The zero-order chi connectivity index (χ0) is 19.9. The molecule has 5 nitrogen and oxygen atoms in total. The highest BCUT2D eigenvalue weighted by atomic mass is 19.1. The Kier molecular flexibility index (Phi) is 6.95. The van der Waals surface area contributed by atoms with Crippen molar-refractivity contribution in [3.05, 3.63) is 71.3 Å². The van der Waals surface area contributed by atoms with Crippen LogP contribution in [0, 0.1) is 11.6 Å². The van der Waals surface area contributed by atoms with Gasteiger partial charge in [0.15, 0.2) is 0 Å². The number of hydrogen-bond acceptors (Lipinski definition) is 4. The van der Waals surface area contributed by atoms with Crippen molar-refractivity contribution < 1.29 is 23.0 Å². The van der Waals surface area contributed by atoms with E-state index in [2.05, 4.69) is 5.32 Å². The van der Waals surface area contributed by atoms with Crippen molar-refractivity contribution in [3.63, 3.8) is 0 Å². The lowest BCUT2D eigenvalue weighted by atomic mass is 10.1. The highest BCUT2D eigenvalue weighted by molar-refractivity contribution is 5.67. The van der Waals surface area contributed by atoms with E-state index in [1.165, 1.54) is 12.1 Å². The normalized spacial score (nSPS) is 18.0. The molecule has 7 heteroatoms. The molecule has 1 N–H and O–H groups in total. The fourth-order valence-electron chi connectivity index (χ4n) is 3.09. The summed E-state index contributed by atoms with van der Waals surface area (Å²) in [6, 6.07) is 12.7. The molecule has 0 aliphatic carbocycles. The molecule has 2 unspecified atom stereocenters. The summed E-state index contributed by atoms with van der Waals surface area (Å²) < 4.78 is 38.0. The molecule has 150 valence electrons. The second-order valence-electron chi connectivity index (χ2n) is 6.77. The molecular weight excluding hydrogens is 366 g/mol. The Morgan fingerprint density at radius 2 is 2.07 bits per heavy atom. The fraction of sp³-hybridized carbons (Fsp3) is 0.381. The molecule has 0 aromatic heterocycles. The summed E-state index contributed by atoms with van der Waals surface area (Å²) in [4.78, 5) is 13.9. The summed E-state index contributed by atoms with van der Waals surface area (Å²) in [7, 11) is 0. The molecule has 0 radical (unpaired) electrons. The summed E-state index contributed by atoms with van der Waals surface area (Å²) in [6.45, 7) is 3.71. The highest BCUT2D eigenvalue weighted by Gasteiger charge is 2.26. The predicted molar refractivity (Wildman–Crippen MR) is 101 cm³/mol. The second-order valence-corrected chi connectivity index (χ2v) is 6.77. The minimum absolute atomic E-state index is 0.223. The standard InChI is InChI=1S/C21H24F2N2O3/c1-15(19-8-7-17(22)11-20(19)23)24-12-18-13-25(9-10-27-18)21(26)28-14-16-5-3-2-4-6-16/h2-8,11,15,18,24H,9-10,12-14H2,1H3. The van der Waals surface area contributed by atoms with Gasteiger partial charge < -0.3 is 19.7 Å². The molecule has 28 heavy (non-hydrogen) atoms. The van der Waals surface area contributed by atoms with Crippen LogP contribution in [-0.2, 0) is 16.1 Å². The van der Waals surface area contributed by atoms with Gasteiger partial charge in [0.25, 0.3) is 0 Å². The highest BCUT2D eigenvalue weighted by Crippen LogP contribution is 2.18. The molecule has 1 saturated heterocycles. The van der Waals surface area contributed by atoms with E-state index in [0.717, 1.165) is 11.6 Å². The number of carbonyl (C=O) groups excluding carboxylic acids is 1. The number of ether oxygens (including phenoxy) is 2. The van der Waals surface area contributed by atoms with Gasteiger partial charge in [-0.15, -0.1) is 0 Å². The molecule has 0 saturated carbocycles. The molecule has 0 bridgehead atoms. The van der Waals surface area contributed by atoms with Gasteiger partial charge in [-0.3, -0.25) is 0 Å². The SMILES string of the molecule is CC(NCC1CN(C(=O)OCc2ccccc2)CCO1)c1ccc(F)cc1F. The first kappa shape index (κ1) is 20.2. The van der Waals surface area contributed by atoms with Crippen LogP contribution in [0.5, 0.6) is 0 Å². The maximum absolute atomic E-state index is 13.9. The first-order valence-electron chi connectivity index (χ1n) is 9.28. The maximum atomic E-state index is 13.9.